The van der Waals surface area contributed by atoms with Gasteiger partial charge in [0.15, 0.2) is 0 Å². The van der Waals surface area contributed by atoms with Gasteiger partial charge in [-0.3, -0.25) is 0 Å². The van der Waals surface area contributed by atoms with Crippen molar-refractivity contribution in [3.63, 3.8) is 0 Å². The van der Waals surface area contributed by atoms with Crippen LogP contribution in [0, 0.1) is 0 Å². The Hall–Kier alpha value is -0.470. The van der Waals surface area contributed by atoms with Crippen molar-refractivity contribution in [3.8, 4) is 0 Å². The van der Waals surface area contributed by atoms with E-state index in [2.05, 4.69) is 20.7 Å². The second-order valence-corrected chi connectivity index (χ2v) is 8.70. The SMILES string of the molecule is CC(C)S(=O)(=O)N[C@H]1COCC[C@]1(O)c1ccc(Br)cc1. The molecular formula is C14H20BrNO4S. The van der Waals surface area contributed by atoms with Crippen molar-refractivity contribution in [2.24, 2.45) is 0 Å². The van der Waals surface area contributed by atoms with Gasteiger partial charge in [0, 0.05) is 17.5 Å². The van der Waals surface area contributed by atoms with Crippen LogP contribution >= 0.6 is 15.9 Å². The van der Waals surface area contributed by atoms with Gasteiger partial charge in [0.2, 0.25) is 10.0 Å². The van der Waals surface area contributed by atoms with E-state index in [-0.39, 0.29) is 6.61 Å². The number of nitrogens with one attached hydrogen (secondary N) is 1. The molecule has 1 aliphatic rings. The van der Waals surface area contributed by atoms with E-state index >= 15 is 0 Å². The maximum absolute atomic E-state index is 12.1. The number of sulfonamides is 1. The van der Waals surface area contributed by atoms with Crippen LogP contribution in [-0.4, -0.2) is 38.0 Å². The summed E-state index contributed by atoms with van der Waals surface area (Å²) in [6.07, 6.45) is 0.347. The summed E-state index contributed by atoms with van der Waals surface area (Å²) in [6.45, 7) is 3.75. The van der Waals surface area contributed by atoms with Gasteiger partial charge >= 0.3 is 0 Å². The third-order valence-corrected chi connectivity index (χ3v) is 6.14. The number of aliphatic hydroxyl groups is 1. The zero-order chi connectivity index (χ0) is 15.7. The van der Waals surface area contributed by atoms with Crippen LogP contribution in [0.15, 0.2) is 28.7 Å². The average Bonchev–Trinajstić information content (AvgIpc) is 2.42. The van der Waals surface area contributed by atoms with Crippen molar-refractivity contribution in [1.29, 1.82) is 0 Å². The summed E-state index contributed by atoms with van der Waals surface area (Å²) in [5, 5.41) is 10.5. The van der Waals surface area contributed by atoms with Crippen LogP contribution in [0.25, 0.3) is 0 Å². The topological polar surface area (TPSA) is 75.6 Å². The minimum Gasteiger partial charge on any atom is -0.383 e. The molecule has 0 aliphatic carbocycles. The third kappa shape index (κ3) is 3.65. The molecule has 1 aromatic carbocycles. The van der Waals surface area contributed by atoms with Crippen LogP contribution in [0.2, 0.25) is 0 Å². The van der Waals surface area contributed by atoms with Gasteiger partial charge in [0.05, 0.1) is 17.9 Å². The lowest BCUT2D eigenvalue weighted by atomic mass is 9.83. The summed E-state index contributed by atoms with van der Waals surface area (Å²) in [4.78, 5) is 0. The van der Waals surface area contributed by atoms with Crippen LogP contribution in [0.3, 0.4) is 0 Å². The molecule has 1 fully saturated rings. The van der Waals surface area contributed by atoms with Gasteiger partial charge in [-0.05, 0) is 31.5 Å². The first-order chi connectivity index (χ1) is 9.75. The van der Waals surface area contributed by atoms with Gasteiger partial charge in [-0.2, -0.15) is 0 Å². The molecule has 0 bridgehead atoms. The molecule has 21 heavy (non-hydrogen) atoms. The van der Waals surface area contributed by atoms with E-state index < -0.39 is 26.9 Å². The summed E-state index contributed by atoms with van der Waals surface area (Å²) in [5.41, 5.74) is -0.577. The van der Waals surface area contributed by atoms with Gasteiger partial charge < -0.3 is 9.84 Å². The lowest BCUT2D eigenvalue weighted by Crippen LogP contribution is -2.57. The highest BCUT2D eigenvalue weighted by Gasteiger charge is 2.43. The number of rotatable bonds is 4. The van der Waals surface area contributed by atoms with E-state index in [1.54, 1.807) is 26.0 Å². The Labute approximate surface area is 133 Å². The number of ether oxygens (including phenoxy) is 1. The molecule has 2 rings (SSSR count). The Morgan fingerprint density at radius 3 is 2.57 bits per heavy atom. The summed E-state index contributed by atoms with van der Waals surface area (Å²) >= 11 is 3.35. The molecule has 2 atom stereocenters. The van der Waals surface area contributed by atoms with Crippen molar-refractivity contribution >= 4 is 26.0 Å². The molecule has 2 N–H and O–H groups in total. The first kappa shape index (κ1) is 16.9. The molecule has 0 spiro atoms. The molecule has 7 heteroatoms. The fourth-order valence-corrected chi connectivity index (χ4v) is 3.49. The third-order valence-electron chi connectivity index (χ3n) is 3.76. The zero-order valence-electron chi connectivity index (χ0n) is 12.0. The first-order valence-corrected chi connectivity index (χ1v) is 9.17. The fraction of sp³-hybridized carbons (Fsp3) is 0.571. The lowest BCUT2D eigenvalue weighted by molar-refractivity contribution is -0.0898. The molecule has 0 saturated carbocycles. The predicted octanol–water partition coefficient (Wildman–Crippen LogP) is 1.75. The van der Waals surface area contributed by atoms with Gasteiger partial charge in [0.25, 0.3) is 0 Å². The number of hydrogen-bond acceptors (Lipinski definition) is 4. The van der Waals surface area contributed by atoms with E-state index in [1.807, 2.05) is 12.1 Å². The van der Waals surface area contributed by atoms with Gasteiger partial charge in [-0.15, -0.1) is 0 Å². The van der Waals surface area contributed by atoms with Crippen LogP contribution in [-0.2, 0) is 20.4 Å². The highest BCUT2D eigenvalue weighted by atomic mass is 79.9. The molecular weight excluding hydrogens is 358 g/mol. The molecule has 5 nitrogen and oxygen atoms in total. The van der Waals surface area contributed by atoms with E-state index in [9.17, 15) is 13.5 Å². The smallest absolute Gasteiger partial charge is 0.214 e. The van der Waals surface area contributed by atoms with Gasteiger partial charge in [-0.25, -0.2) is 13.1 Å². The van der Waals surface area contributed by atoms with Crippen molar-refractivity contribution < 1.29 is 18.3 Å². The summed E-state index contributed by atoms with van der Waals surface area (Å²) in [6, 6.07) is 6.56. The van der Waals surface area contributed by atoms with Gasteiger partial charge in [-0.1, -0.05) is 28.1 Å². The quantitative estimate of drug-likeness (QED) is 0.837. The first-order valence-electron chi connectivity index (χ1n) is 6.83. The Morgan fingerprint density at radius 1 is 1.38 bits per heavy atom. The summed E-state index contributed by atoms with van der Waals surface area (Å²) < 4.78 is 33.0. The lowest BCUT2D eigenvalue weighted by Gasteiger charge is -2.40. The van der Waals surface area contributed by atoms with Crippen LogP contribution in [0.5, 0.6) is 0 Å². The largest absolute Gasteiger partial charge is 0.383 e. The van der Waals surface area contributed by atoms with Gasteiger partial charge in [0.1, 0.15) is 5.60 Å². The maximum Gasteiger partial charge on any atom is 0.214 e. The minimum absolute atomic E-state index is 0.151. The second kappa shape index (κ2) is 6.34. The molecule has 0 amide bonds. The molecule has 0 aromatic heterocycles. The Bertz CT molecular complexity index is 587. The van der Waals surface area contributed by atoms with E-state index in [0.717, 1.165) is 4.47 Å². The maximum atomic E-state index is 12.1. The monoisotopic (exact) mass is 377 g/mol. The Kier molecular flexibility index (Phi) is 5.10. The summed E-state index contributed by atoms with van der Waals surface area (Å²) in [7, 11) is -3.48. The Morgan fingerprint density at radius 2 is 2.00 bits per heavy atom. The Balaban J connectivity index is 2.32. The van der Waals surface area contributed by atoms with Crippen molar-refractivity contribution in [1.82, 2.24) is 4.72 Å². The molecule has 0 unspecified atom stereocenters. The molecule has 1 saturated heterocycles. The van der Waals surface area contributed by atoms with Crippen molar-refractivity contribution in [3.05, 3.63) is 34.3 Å². The number of hydrogen-bond donors (Lipinski definition) is 2. The highest BCUT2D eigenvalue weighted by molar-refractivity contribution is 9.10. The molecule has 118 valence electrons. The van der Waals surface area contributed by atoms with E-state index in [4.69, 9.17) is 4.74 Å². The minimum atomic E-state index is -3.48. The molecule has 1 aliphatic heterocycles. The fourth-order valence-electron chi connectivity index (χ4n) is 2.29. The predicted molar refractivity (Wildman–Crippen MR) is 84.5 cm³/mol. The molecule has 0 radical (unpaired) electrons. The van der Waals surface area contributed by atoms with Crippen molar-refractivity contribution in [2.75, 3.05) is 13.2 Å². The van der Waals surface area contributed by atoms with Crippen molar-refractivity contribution in [2.45, 2.75) is 37.2 Å². The summed E-state index contributed by atoms with van der Waals surface area (Å²) in [5.74, 6) is 0. The second-order valence-electron chi connectivity index (χ2n) is 5.52. The number of benzene rings is 1. The normalized spacial score (nSPS) is 27.0. The number of halogens is 1. The van der Waals surface area contributed by atoms with Crippen LogP contribution in [0.4, 0.5) is 0 Å². The average molecular weight is 378 g/mol. The molecule has 1 heterocycles. The zero-order valence-corrected chi connectivity index (χ0v) is 14.4. The highest BCUT2D eigenvalue weighted by Crippen LogP contribution is 2.33. The van der Waals surface area contributed by atoms with E-state index in [0.29, 0.717) is 18.6 Å². The van der Waals surface area contributed by atoms with Crippen LogP contribution in [0.1, 0.15) is 25.8 Å². The molecule has 1 aromatic rings. The standard InChI is InChI=1S/C14H20BrNO4S/c1-10(2)21(18,19)16-13-9-20-8-7-14(13,17)11-3-5-12(15)6-4-11/h3-6,10,13,16-17H,7-9H2,1-2H3/t13-,14-/m0/s1. The van der Waals surface area contributed by atoms with E-state index in [1.165, 1.54) is 0 Å². The van der Waals surface area contributed by atoms with Crippen LogP contribution < -0.4 is 4.72 Å².